The van der Waals surface area contributed by atoms with E-state index in [-0.39, 0.29) is 12.1 Å². The zero-order valence-corrected chi connectivity index (χ0v) is 12.9. The molecule has 1 atom stereocenters. The van der Waals surface area contributed by atoms with Gasteiger partial charge in [-0.05, 0) is 24.6 Å². The monoisotopic (exact) mass is 339 g/mol. The number of aryl methyl sites for hydroxylation is 1. The highest BCUT2D eigenvalue weighted by atomic mass is 32.2. The lowest BCUT2D eigenvalue weighted by atomic mass is 10.1. The van der Waals surface area contributed by atoms with Gasteiger partial charge in [0.1, 0.15) is 12.2 Å². The summed E-state index contributed by atoms with van der Waals surface area (Å²) in [6.45, 7) is 0.573. The smallest absolute Gasteiger partial charge is 0.319 e. The Bertz CT molecular complexity index is 693. The Balaban J connectivity index is 1.55. The van der Waals surface area contributed by atoms with E-state index >= 15 is 0 Å². The van der Waals surface area contributed by atoms with E-state index in [0.717, 1.165) is 18.7 Å². The maximum Gasteiger partial charge on any atom is 0.319 e. The summed E-state index contributed by atoms with van der Waals surface area (Å²) in [5.74, 6) is -1.57. The number of anilines is 1. The van der Waals surface area contributed by atoms with E-state index in [1.807, 2.05) is 0 Å². The van der Waals surface area contributed by atoms with Gasteiger partial charge in [0, 0.05) is 17.0 Å². The van der Waals surface area contributed by atoms with Crippen molar-refractivity contribution in [3.63, 3.8) is 0 Å². The molecular formula is C14H15F2N5OS. The average molecular weight is 339 g/mol. The van der Waals surface area contributed by atoms with Gasteiger partial charge in [-0.2, -0.15) is 13.9 Å². The number of hydrogen-bond donors (Lipinski definition) is 2. The predicted octanol–water partition coefficient (Wildman–Crippen LogP) is 2.73. The van der Waals surface area contributed by atoms with Gasteiger partial charge in [-0.3, -0.25) is 0 Å². The van der Waals surface area contributed by atoms with Crippen LogP contribution >= 0.6 is 11.8 Å². The van der Waals surface area contributed by atoms with Crippen molar-refractivity contribution >= 4 is 23.5 Å². The van der Waals surface area contributed by atoms with Crippen LogP contribution in [0.3, 0.4) is 0 Å². The number of alkyl halides is 2. The molecule has 0 saturated heterocycles. The average Bonchev–Trinajstić information content (AvgIpc) is 2.94. The summed E-state index contributed by atoms with van der Waals surface area (Å²) in [6, 6.07) is 5.98. The number of fused-ring (bicyclic) bond motifs is 1. The zero-order valence-electron chi connectivity index (χ0n) is 12.1. The first-order chi connectivity index (χ1) is 11.1. The van der Waals surface area contributed by atoms with Crippen LogP contribution in [0.2, 0.25) is 0 Å². The molecule has 0 fully saturated rings. The molecule has 2 heterocycles. The second-order valence-electron chi connectivity index (χ2n) is 5.10. The highest BCUT2D eigenvalue weighted by Crippen LogP contribution is 2.27. The van der Waals surface area contributed by atoms with E-state index in [1.165, 1.54) is 12.4 Å². The zero-order chi connectivity index (χ0) is 16.2. The third kappa shape index (κ3) is 4.19. The molecule has 1 aliphatic heterocycles. The van der Waals surface area contributed by atoms with Crippen LogP contribution in [-0.4, -0.2) is 32.6 Å². The van der Waals surface area contributed by atoms with E-state index in [0.29, 0.717) is 28.9 Å². The van der Waals surface area contributed by atoms with Gasteiger partial charge in [0.05, 0.1) is 12.6 Å². The van der Waals surface area contributed by atoms with Gasteiger partial charge >= 0.3 is 6.03 Å². The summed E-state index contributed by atoms with van der Waals surface area (Å²) in [6.07, 6.45) is 3.04. The lowest BCUT2D eigenvalue weighted by Crippen LogP contribution is -2.43. The van der Waals surface area contributed by atoms with E-state index in [9.17, 15) is 13.6 Å². The Hall–Kier alpha value is -2.16. The molecule has 1 aromatic carbocycles. The van der Waals surface area contributed by atoms with Crippen LogP contribution in [0, 0.1) is 0 Å². The van der Waals surface area contributed by atoms with Crippen LogP contribution in [0.4, 0.5) is 19.3 Å². The third-order valence-electron chi connectivity index (χ3n) is 3.46. The first-order valence-corrected chi connectivity index (χ1v) is 7.97. The molecule has 9 heteroatoms. The number of amides is 2. The fraction of sp³-hybridized carbons (Fsp3) is 0.357. The first kappa shape index (κ1) is 15.7. The lowest BCUT2D eigenvalue weighted by Gasteiger charge is -2.23. The van der Waals surface area contributed by atoms with Crippen molar-refractivity contribution in [1.82, 2.24) is 20.1 Å². The van der Waals surface area contributed by atoms with Crippen molar-refractivity contribution in [2.45, 2.75) is 36.1 Å². The van der Waals surface area contributed by atoms with Crippen molar-refractivity contribution in [2.24, 2.45) is 0 Å². The molecule has 0 unspecified atom stereocenters. The van der Waals surface area contributed by atoms with E-state index in [2.05, 4.69) is 20.7 Å². The molecule has 2 amide bonds. The quantitative estimate of drug-likeness (QED) is 0.840. The normalized spacial score (nSPS) is 16.9. The van der Waals surface area contributed by atoms with Crippen molar-refractivity contribution in [1.29, 1.82) is 0 Å². The number of hydrogen-bond acceptors (Lipinski definition) is 4. The molecule has 0 spiro atoms. The lowest BCUT2D eigenvalue weighted by molar-refractivity contribution is 0.243. The number of nitrogens with one attached hydrogen (secondary N) is 2. The largest absolute Gasteiger partial charge is 0.333 e. The van der Waals surface area contributed by atoms with Crippen LogP contribution in [-0.2, 0) is 13.0 Å². The number of urea groups is 1. The number of carbonyl (C=O) groups is 1. The van der Waals surface area contributed by atoms with Gasteiger partial charge in [0.25, 0.3) is 5.76 Å². The maximum absolute atomic E-state index is 12.4. The predicted molar refractivity (Wildman–Crippen MR) is 82.6 cm³/mol. The SMILES string of the molecule is O=C(Nc1cccc(SC(F)F)c1)N[C@@H]1CCc2ncnn2C1. The number of carbonyl (C=O) groups excluding carboxylic acids is 1. The van der Waals surface area contributed by atoms with Gasteiger partial charge in [0.15, 0.2) is 0 Å². The second kappa shape index (κ2) is 6.95. The summed E-state index contributed by atoms with van der Waals surface area (Å²) in [5, 5.41) is 9.63. The van der Waals surface area contributed by atoms with Crippen LogP contribution in [0.15, 0.2) is 35.5 Å². The summed E-state index contributed by atoms with van der Waals surface area (Å²) < 4.78 is 26.5. The summed E-state index contributed by atoms with van der Waals surface area (Å²) in [4.78, 5) is 16.6. The van der Waals surface area contributed by atoms with E-state index in [4.69, 9.17) is 0 Å². The Kier molecular flexibility index (Phi) is 4.75. The minimum absolute atomic E-state index is 0.0391. The van der Waals surface area contributed by atoms with Crippen molar-refractivity contribution < 1.29 is 13.6 Å². The summed E-state index contributed by atoms with van der Waals surface area (Å²) in [7, 11) is 0. The van der Waals surface area contributed by atoms with E-state index in [1.54, 1.807) is 22.9 Å². The number of aromatic nitrogens is 3. The number of nitrogens with zero attached hydrogens (tertiary/aromatic N) is 3. The minimum atomic E-state index is -2.49. The Morgan fingerprint density at radius 2 is 2.30 bits per heavy atom. The molecule has 0 bridgehead atoms. The third-order valence-corrected chi connectivity index (χ3v) is 4.16. The molecule has 2 aromatic rings. The minimum Gasteiger partial charge on any atom is -0.333 e. The highest BCUT2D eigenvalue weighted by Gasteiger charge is 2.21. The summed E-state index contributed by atoms with van der Waals surface area (Å²) >= 11 is 0.445. The fourth-order valence-corrected chi connectivity index (χ4v) is 3.02. The van der Waals surface area contributed by atoms with Crippen LogP contribution < -0.4 is 10.6 Å². The van der Waals surface area contributed by atoms with Gasteiger partial charge in [-0.25, -0.2) is 14.5 Å². The van der Waals surface area contributed by atoms with Crippen molar-refractivity contribution in [3.05, 3.63) is 36.4 Å². The van der Waals surface area contributed by atoms with Gasteiger partial charge < -0.3 is 10.6 Å². The van der Waals surface area contributed by atoms with E-state index < -0.39 is 5.76 Å². The van der Waals surface area contributed by atoms with Gasteiger partial charge in [0.2, 0.25) is 0 Å². The molecule has 0 aliphatic carbocycles. The summed E-state index contributed by atoms with van der Waals surface area (Å²) in [5.41, 5.74) is 0.477. The maximum atomic E-state index is 12.4. The van der Waals surface area contributed by atoms with Gasteiger partial charge in [-0.1, -0.05) is 17.8 Å². The number of benzene rings is 1. The molecule has 122 valence electrons. The molecule has 6 nitrogen and oxygen atoms in total. The van der Waals surface area contributed by atoms with Crippen molar-refractivity contribution in [2.75, 3.05) is 5.32 Å². The van der Waals surface area contributed by atoms with Crippen LogP contribution in [0.1, 0.15) is 12.2 Å². The highest BCUT2D eigenvalue weighted by molar-refractivity contribution is 7.99. The second-order valence-corrected chi connectivity index (χ2v) is 6.16. The first-order valence-electron chi connectivity index (χ1n) is 7.09. The Morgan fingerprint density at radius 1 is 1.43 bits per heavy atom. The molecule has 23 heavy (non-hydrogen) atoms. The number of rotatable bonds is 4. The molecule has 3 rings (SSSR count). The standard InChI is InChI=1S/C14H15F2N5OS/c15-13(16)23-11-3-1-2-9(6-11)19-14(22)20-10-4-5-12-17-8-18-21(12)7-10/h1-3,6,8,10,13H,4-5,7H2,(H2,19,20,22)/t10-/m1/s1. The topological polar surface area (TPSA) is 71.8 Å². The molecule has 0 radical (unpaired) electrons. The fourth-order valence-electron chi connectivity index (χ4n) is 2.46. The molecule has 2 N–H and O–H groups in total. The molecule has 1 aromatic heterocycles. The molecule has 0 saturated carbocycles. The molecule has 1 aliphatic rings. The Labute approximate surface area is 135 Å². The Morgan fingerprint density at radius 3 is 3.13 bits per heavy atom. The van der Waals surface area contributed by atoms with Crippen LogP contribution in [0.5, 0.6) is 0 Å². The number of halogens is 2. The van der Waals surface area contributed by atoms with Crippen LogP contribution in [0.25, 0.3) is 0 Å². The molecular weight excluding hydrogens is 324 g/mol. The van der Waals surface area contributed by atoms with Gasteiger partial charge in [-0.15, -0.1) is 0 Å². The van der Waals surface area contributed by atoms with Crippen molar-refractivity contribution in [3.8, 4) is 0 Å². The number of thioether (sulfide) groups is 1.